The lowest BCUT2D eigenvalue weighted by Gasteiger charge is -2.19. The highest BCUT2D eigenvalue weighted by Crippen LogP contribution is 2.23. The van der Waals surface area contributed by atoms with Crippen LogP contribution in [0.2, 0.25) is 0 Å². The summed E-state index contributed by atoms with van der Waals surface area (Å²) in [5.74, 6) is 1.33. The summed E-state index contributed by atoms with van der Waals surface area (Å²) >= 11 is 0. The minimum absolute atomic E-state index is 0.118. The van der Waals surface area contributed by atoms with Gasteiger partial charge in [0.2, 0.25) is 5.91 Å². The van der Waals surface area contributed by atoms with E-state index < -0.39 is 0 Å². The highest BCUT2D eigenvalue weighted by molar-refractivity contribution is 5.79. The molecule has 0 bridgehead atoms. The Hall–Kier alpha value is -1.58. The van der Waals surface area contributed by atoms with Crippen molar-refractivity contribution in [1.82, 2.24) is 9.88 Å². The number of carbonyl (C=O) groups excluding carboxylic acids is 1. The summed E-state index contributed by atoms with van der Waals surface area (Å²) < 4.78 is 0. The molecule has 2 rings (SSSR count). The van der Waals surface area contributed by atoms with E-state index in [1.54, 1.807) is 4.90 Å². The van der Waals surface area contributed by atoms with Gasteiger partial charge in [0.25, 0.3) is 0 Å². The van der Waals surface area contributed by atoms with Crippen LogP contribution < -0.4 is 4.90 Å². The van der Waals surface area contributed by atoms with Crippen LogP contribution in [0.1, 0.15) is 12.0 Å². The minimum Gasteiger partial charge on any atom is -0.356 e. The van der Waals surface area contributed by atoms with E-state index in [0.29, 0.717) is 0 Å². The maximum Gasteiger partial charge on any atom is 0.227 e. The lowest BCUT2D eigenvalue weighted by molar-refractivity contribution is -0.132. The first-order valence-electron chi connectivity index (χ1n) is 5.96. The van der Waals surface area contributed by atoms with Gasteiger partial charge in [0.15, 0.2) is 0 Å². The third-order valence-corrected chi connectivity index (χ3v) is 3.20. The number of carbonyl (C=O) groups is 1. The average molecular weight is 233 g/mol. The van der Waals surface area contributed by atoms with Gasteiger partial charge in [-0.1, -0.05) is 0 Å². The lowest BCUT2D eigenvalue weighted by atomic mass is 10.1. The van der Waals surface area contributed by atoms with Crippen molar-refractivity contribution in [2.24, 2.45) is 5.92 Å². The number of aryl methyl sites for hydroxylation is 1. The van der Waals surface area contributed by atoms with Gasteiger partial charge in [-0.15, -0.1) is 0 Å². The zero-order chi connectivity index (χ0) is 12.4. The van der Waals surface area contributed by atoms with Crippen molar-refractivity contribution in [1.29, 1.82) is 0 Å². The Kier molecular flexibility index (Phi) is 3.31. The SMILES string of the molecule is Cc1ccnc(N2CCC(C(=O)N(C)C)C2)c1. The van der Waals surface area contributed by atoms with Crippen LogP contribution in [0.3, 0.4) is 0 Å². The van der Waals surface area contributed by atoms with E-state index >= 15 is 0 Å². The van der Waals surface area contributed by atoms with Gasteiger partial charge in [-0.2, -0.15) is 0 Å². The van der Waals surface area contributed by atoms with E-state index in [-0.39, 0.29) is 11.8 Å². The highest BCUT2D eigenvalue weighted by atomic mass is 16.2. The van der Waals surface area contributed by atoms with Crippen molar-refractivity contribution >= 4 is 11.7 Å². The molecule has 0 aliphatic carbocycles. The smallest absolute Gasteiger partial charge is 0.227 e. The number of hydrogen-bond acceptors (Lipinski definition) is 3. The summed E-state index contributed by atoms with van der Waals surface area (Å²) in [4.78, 5) is 20.1. The molecule has 1 saturated heterocycles. The quantitative estimate of drug-likeness (QED) is 0.772. The Balaban J connectivity index is 2.05. The number of aromatic nitrogens is 1. The van der Waals surface area contributed by atoms with Crippen molar-refractivity contribution in [3.63, 3.8) is 0 Å². The molecule has 17 heavy (non-hydrogen) atoms. The maximum absolute atomic E-state index is 11.9. The van der Waals surface area contributed by atoms with Crippen molar-refractivity contribution in [2.45, 2.75) is 13.3 Å². The Morgan fingerprint density at radius 2 is 2.29 bits per heavy atom. The Morgan fingerprint density at radius 3 is 2.94 bits per heavy atom. The molecular formula is C13H19N3O. The van der Waals surface area contributed by atoms with Gasteiger partial charge in [0.05, 0.1) is 5.92 Å². The number of nitrogens with zero attached hydrogens (tertiary/aromatic N) is 3. The third kappa shape index (κ3) is 2.57. The molecule has 4 nitrogen and oxygen atoms in total. The zero-order valence-corrected chi connectivity index (χ0v) is 10.7. The Labute approximate surface area is 102 Å². The Morgan fingerprint density at radius 1 is 1.53 bits per heavy atom. The Bertz CT molecular complexity index is 417. The molecule has 0 saturated carbocycles. The molecule has 4 heteroatoms. The number of pyridine rings is 1. The molecule has 1 atom stereocenters. The van der Waals surface area contributed by atoms with Gasteiger partial charge in [-0.05, 0) is 31.0 Å². The predicted molar refractivity (Wildman–Crippen MR) is 68.0 cm³/mol. The second kappa shape index (κ2) is 4.73. The van der Waals surface area contributed by atoms with Crippen molar-refractivity contribution in [3.05, 3.63) is 23.9 Å². The number of rotatable bonds is 2. The normalized spacial score (nSPS) is 19.5. The first kappa shape index (κ1) is 11.9. The predicted octanol–water partition coefficient (Wildman–Crippen LogP) is 1.30. The summed E-state index contributed by atoms with van der Waals surface area (Å²) in [6.07, 6.45) is 2.75. The number of hydrogen-bond donors (Lipinski definition) is 0. The standard InChI is InChI=1S/C13H19N3O/c1-10-4-6-14-12(8-10)16-7-5-11(9-16)13(17)15(2)3/h4,6,8,11H,5,7,9H2,1-3H3. The maximum atomic E-state index is 11.9. The van der Waals surface area contributed by atoms with Crippen LogP contribution in [0.25, 0.3) is 0 Å². The van der Waals surface area contributed by atoms with Gasteiger partial charge >= 0.3 is 0 Å². The van der Waals surface area contributed by atoms with Crippen molar-refractivity contribution in [2.75, 3.05) is 32.1 Å². The molecule has 1 aliphatic heterocycles. The fraction of sp³-hybridized carbons (Fsp3) is 0.538. The minimum atomic E-state index is 0.118. The molecule has 1 fully saturated rings. The van der Waals surface area contributed by atoms with E-state index in [1.165, 1.54) is 5.56 Å². The second-order valence-electron chi connectivity index (χ2n) is 4.86. The molecule has 1 aliphatic rings. The fourth-order valence-electron chi connectivity index (χ4n) is 2.23. The molecule has 92 valence electrons. The lowest BCUT2D eigenvalue weighted by Crippen LogP contribution is -2.32. The van der Waals surface area contributed by atoms with Crippen LogP contribution in [-0.2, 0) is 4.79 Å². The molecule has 2 heterocycles. The molecule has 0 aromatic carbocycles. The molecule has 0 N–H and O–H groups in total. The number of anilines is 1. The molecule has 1 aromatic heterocycles. The monoisotopic (exact) mass is 233 g/mol. The van der Waals surface area contributed by atoms with Gasteiger partial charge in [0, 0.05) is 33.4 Å². The fourth-order valence-corrected chi connectivity index (χ4v) is 2.23. The van der Waals surface area contributed by atoms with E-state index in [0.717, 1.165) is 25.3 Å². The summed E-state index contributed by atoms with van der Waals surface area (Å²) in [6.45, 7) is 3.76. The molecule has 0 spiro atoms. The van der Waals surface area contributed by atoms with E-state index in [9.17, 15) is 4.79 Å². The molecule has 1 aromatic rings. The topological polar surface area (TPSA) is 36.4 Å². The summed E-state index contributed by atoms with van der Waals surface area (Å²) in [5, 5.41) is 0. The third-order valence-electron chi connectivity index (χ3n) is 3.20. The number of amides is 1. The van der Waals surface area contributed by atoms with Crippen molar-refractivity contribution in [3.8, 4) is 0 Å². The van der Waals surface area contributed by atoms with E-state index in [1.807, 2.05) is 26.4 Å². The van der Waals surface area contributed by atoms with Gasteiger partial charge in [-0.25, -0.2) is 4.98 Å². The average Bonchev–Trinajstić information content (AvgIpc) is 2.77. The summed E-state index contributed by atoms with van der Waals surface area (Å²) in [6, 6.07) is 4.06. The highest BCUT2D eigenvalue weighted by Gasteiger charge is 2.29. The zero-order valence-electron chi connectivity index (χ0n) is 10.7. The van der Waals surface area contributed by atoms with Crippen LogP contribution in [0, 0.1) is 12.8 Å². The molecule has 1 unspecified atom stereocenters. The summed E-state index contributed by atoms with van der Waals surface area (Å²) in [5.41, 5.74) is 1.21. The largest absolute Gasteiger partial charge is 0.356 e. The van der Waals surface area contributed by atoms with Crippen LogP contribution in [0.4, 0.5) is 5.82 Å². The first-order chi connectivity index (χ1) is 8.08. The summed E-state index contributed by atoms with van der Waals surface area (Å²) in [7, 11) is 3.63. The van der Waals surface area contributed by atoms with E-state index in [4.69, 9.17) is 0 Å². The van der Waals surface area contributed by atoms with Crippen LogP contribution in [0.5, 0.6) is 0 Å². The van der Waals surface area contributed by atoms with Crippen LogP contribution in [-0.4, -0.2) is 43.0 Å². The van der Waals surface area contributed by atoms with Crippen LogP contribution in [0.15, 0.2) is 18.3 Å². The molecular weight excluding hydrogens is 214 g/mol. The first-order valence-corrected chi connectivity index (χ1v) is 5.96. The van der Waals surface area contributed by atoms with Gasteiger partial charge < -0.3 is 9.80 Å². The molecule has 0 radical (unpaired) electrons. The molecule has 1 amide bonds. The van der Waals surface area contributed by atoms with Gasteiger partial charge in [-0.3, -0.25) is 4.79 Å². The second-order valence-corrected chi connectivity index (χ2v) is 4.86. The van der Waals surface area contributed by atoms with E-state index in [2.05, 4.69) is 22.9 Å². The van der Waals surface area contributed by atoms with Gasteiger partial charge in [0.1, 0.15) is 5.82 Å². The van der Waals surface area contributed by atoms with Crippen LogP contribution >= 0.6 is 0 Å². The van der Waals surface area contributed by atoms with Crippen molar-refractivity contribution < 1.29 is 4.79 Å².